The highest BCUT2D eigenvalue weighted by atomic mass is 32.2. The van der Waals surface area contributed by atoms with Crippen LogP contribution in [0.15, 0.2) is 119 Å². The van der Waals surface area contributed by atoms with E-state index in [-0.39, 0.29) is 28.5 Å². The Hall–Kier alpha value is -4.30. The van der Waals surface area contributed by atoms with Crippen LogP contribution in [-0.2, 0) is 16.6 Å². The average molecular weight is 502 g/mol. The number of benzene rings is 4. The summed E-state index contributed by atoms with van der Waals surface area (Å²) in [4.78, 5) is 13.3. The van der Waals surface area contributed by atoms with Crippen molar-refractivity contribution >= 4 is 27.3 Å². The summed E-state index contributed by atoms with van der Waals surface area (Å²) >= 11 is 0. The van der Waals surface area contributed by atoms with Gasteiger partial charge < -0.3 is 0 Å². The molecule has 1 amide bonds. The summed E-state index contributed by atoms with van der Waals surface area (Å²) in [7, 11) is -4.00. The first-order chi connectivity index (χ1) is 17.4. The molecule has 1 N–H and O–H groups in total. The summed E-state index contributed by atoms with van der Waals surface area (Å²) in [6.07, 6.45) is 0. The Bertz CT molecular complexity index is 1470. The van der Waals surface area contributed by atoms with Gasteiger partial charge in [0.05, 0.1) is 28.4 Å². The van der Waals surface area contributed by atoms with Crippen LogP contribution in [0.2, 0.25) is 0 Å². The molecule has 4 aromatic rings. The van der Waals surface area contributed by atoms with E-state index < -0.39 is 15.9 Å². The maximum atomic E-state index is 13.7. The molecule has 0 aliphatic rings. The second-order valence-corrected chi connectivity index (χ2v) is 9.83. The molecule has 0 aromatic heterocycles. The number of carbonyl (C=O) groups is 1. The smallest absolute Gasteiger partial charge is 0.267 e. The van der Waals surface area contributed by atoms with Crippen molar-refractivity contribution in [2.24, 2.45) is 5.10 Å². The second kappa shape index (κ2) is 11.0. The quantitative estimate of drug-likeness (QED) is 0.260. The molecule has 8 heteroatoms. The highest BCUT2D eigenvalue weighted by molar-refractivity contribution is 7.92. The SMILES string of the molecule is C/C(=N/NC(=O)c1ccccc1N(Cc1ccccc1)S(=O)(=O)c1ccccc1)c1ccc(F)cc1. The van der Waals surface area contributed by atoms with Gasteiger partial charge in [-0.25, -0.2) is 18.2 Å². The largest absolute Gasteiger partial charge is 0.273 e. The minimum absolute atomic E-state index is 0.0280. The van der Waals surface area contributed by atoms with Crippen molar-refractivity contribution in [3.8, 4) is 0 Å². The molecule has 0 fully saturated rings. The third-order valence-corrected chi connectivity index (χ3v) is 7.28. The van der Waals surface area contributed by atoms with E-state index in [1.807, 2.05) is 30.3 Å². The van der Waals surface area contributed by atoms with E-state index in [1.54, 1.807) is 61.5 Å². The normalized spacial score (nSPS) is 11.7. The summed E-state index contributed by atoms with van der Waals surface area (Å²) in [5, 5.41) is 4.13. The van der Waals surface area contributed by atoms with Crippen LogP contribution in [0.1, 0.15) is 28.4 Å². The van der Waals surface area contributed by atoms with Gasteiger partial charge >= 0.3 is 0 Å². The van der Waals surface area contributed by atoms with E-state index in [0.29, 0.717) is 11.3 Å². The predicted molar refractivity (Wildman–Crippen MR) is 139 cm³/mol. The van der Waals surface area contributed by atoms with Crippen molar-refractivity contribution in [2.45, 2.75) is 18.4 Å². The fraction of sp³-hybridized carbons (Fsp3) is 0.0714. The van der Waals surface area contributed by atoms with Crippen molar-refractivity contribution in [1.82, 2.24) is 5.43 Å². The Morgan fingerprint density at radius 2 is 1.42 bits per heavy atom. The van der Waals surface area contributed by atoms with Crippen LogP contribution >= 0.6 is 0 Å². The van der Waals surface area contributed by atoms with Crippen LogP contribution in [0.4, 0.5) is 10.1 Å². The number of anilines is 1. The molecule has 36 heavy (non-hydrogen) atoms. The van der Waals surface area contributed by atoms with Gasteiger partial charge in [-0.15, -0.1) is 0 Å². The first kappa shape index (κ1) is 24.8. The van der Waals surface area contributed by atoms with Crippen molar-refractivity contribution in [3.05, 3.63) is 132 Å². The van der Waals surface area contributed by atoms with Crippen LogP contribution in [0, 0.1) is 5.82 Å². The first-order valence-corrected chi connectivity index (χ1v) is 12.6. The Morgan fingerprint density at radius 1 is 0.833 bits per heavy atom. The standard InChI is InChI=1S/C28H24FN3O3S/c1-21(23-16-18-24(29)19-17-23)30-31-28(33)26-14-8-9-15-27(26)32(20-22-10-4-2-5-11-22)36(34,35)25-12-6-3-7-13-25/h2-19H,20H2,1H3,(H,31,33)/b30-21-. The van der Waals surface area contributed by atoms with Crippen LogP contribution in [0.3, 0.4) is 0 Å². The number of carbonyl (C=O) groups excluding carboxylic acids is 1. The van der Waals surface area contributed by atoms with E-state index in [9.17, 15) is 17.6 Å². The zero-order valence-electron chi connectivity index (χ0n) is 19.5. The molecule has 0 aliphatic carbocycles. The lowest BCUT2D eigenvalue weighted by molar-refractivity contribution is 0.0955. The maximum absolute atomic E-state index is 13.7. The fourth-order valence-corrected chi connectivity index (χ4v) is 5.09. The number of rotatable bonds is 8. The van der Waals surface area contributed by atoms with Crippen LogP contribution in [-0.4, -0.2) is 20.0 Å². The number of hydrazone groups is 1. The highest BCUT2D eigenvalue weighted by Crippen LogP contribution is 2.29. The number of sulfonamides is 1. The highest BCUT2D eigenvalue weighted by Gasteiger charge is 2.28. The molecule has 6 nitrogen and oxygen atoms in total. The Labute approximate surface area is 209 Å². The topological polar surface area (TPSA) is 78.8 Å². The minimum atomic E-state index is -4.00. The molecule has 0 saturated heterocycles. The summed E-state index contributed by atoms with van der Waals surface area (Å²) in [5.74, 6) is -0.948. The molecule has 4 rings (SSSR count). The molecule has 0 spiro atoms. The average Bonchev–Trinajstić information content (AvgIpc) is 2.91. The van der Waals surface area contributed by atoms with Gasteiger partial charge in [0.25, 0.3) is 15.9 Å². The molecular weight excluding hydrogens is 477 g/mol. The number of halogens is 1. The molecule has 0 atom stereocenters. The zero-order chi connectivity index (χ0) is 25.5. The number of nitrogens with one attached hydrogen (secondary N) is 1. The summed E-state index contributed by atoms with van der Waals surface area (Å²) in [5.41, 5.74) is 4.73. The van der Waals surface area contributed by atoms with Gasteiger partial charge in [-0.3, -0.25) is 9.10 Å². The number of amides is 1. The molecular formula is C28H24FN3O3S. The van der Waals surface area contributed by atoms with Gasteiger partial charge in [-0.05, 0) is 54.4 Å². The lowest BCUT2D eigenvalue weighted by Gasteiger charge is -2.26. The lowest BCUT2D eigenvalue weighted by Crippen LogP contribution is -2.33. The molecule has 0 radical (unpaired) electrons. The van der Waals surface area contributed by atoms with E-state index in [0.717, 1.165) is 5.56 Å². The number of nitrogens with zero attached hydrogens (tertiary/aromatic N) is 2. The van der Waals surface area contributed by atoms with Gasteiger partial charge in [0.1, 0.15) is 5.82 Å². The van der Waals surface area contributed by atoms with Crippen molar-refractivity contribution in [1.29, 1.82) is 0 Å². The molecule has 0 unspecified atom stereocenters. The summed E-state index contributed by atoms with van der Waals surface area (Å²) < 4.78 is 41.9. The van der Waals surface area contributed by atoms with E-state index in [2.05, 4.69) is 10.5 Å². The number of para-hydroxylation sites is 1. The van der Waals surface area contributed by atoms with Gasteiger partial charge in [-0.2, -0.15) is 5.10 Å². The molecule has 4 aromatic carbocycles. The fourth-order valence-electron chi connectivity index (χ4n) is 3.60. The zero-order valence-corrected chi connectivity index (χ0v) is 20.3. The third-order valence-electron chi connectivity index (χ3n) is 5.50. The molecule has 0 aliphatic heterocycles. The predicted octanol–water partition coefficient (Wildman–Crippen LogP) is 5.38. The molecule has 0 saturated carbocycles. The van der Waals surface area contributed by atoms with Crippen molar-refractivity contribution < 1.29 is 17.6 Å². The van der Waals surface area contributed by atoms with Gasteiger partial charge in [0.2, 0.25) is 0 Å². The first-order valence-electron chi connectivity index (χ1n) is 11.2. The maximum Gasteiger partial charge on any atom is 0.273 e. The Morgan fingerprint density at radius 3 is 2.08 bits per heavy atom. The van der Waals surface area contributed by atoms with Crippen LogP contribution in [0.25, 0.3) is 0 Å². The molecule has 182 valence electrons. The van der Waals surface area contributed by atoms with E-state index >= 15 is 0 Å². The van der Waals surface area contributed by atoms with E-state index in [1.165, 1.54) is 28.6 Å². The third kappa shape index (κ3) is 5.67. The van der Waals surface area contributed by atoms with Crippen LogP contribution in [0.5, 0.6) is 0 Å². The van der Waals surface area contributed by atoms with Gasteiger partial charge in [0, 0.05) is 0 Å². The Balaban J connectivity index is 1.71. The van der Waals surface area contributed by atoms with E-state index in [4.69, 9.17) is 0 Å². The lowest BCUT2D eigenvalue weighted by atomic mass is 10.1. The second-order valence-electron chi connectivity index (χ2n) is 7.97. The molecule has 0 bridgehead atoms. The van der Waals surface area contributed by atoms with Crippen molar-refractivity contribution in [2.75, 3.05) is 4.31 Å². The minimum Gasteiger partial charge on any atom is -0.267 e. The van der Waals surface area contributed by atoms with Crippen LogP contribution < -0.4 is 9.73 Å². The van der Waals surface area contributed by atoms with Gasteiger partial charge in [-0.1, -0.05) is 72.8 Å². The summed E-state index contributed by atoms with van der Waals surface area (Å²) in [6, 6.07) is 29.4. The summed E-state index contributed by atoms with van der Waals surface area (Å²) in [6.45, 7) is 1.71. The monoisotopic (exact) mass is 501 g/mol. The number of hydrogen-bond acceptors (Lipinski definition) is 4. The number of hydrogen-bond donors (Lipinski definition) is 1. The Kier molecular flexibility index (Phi) is 7.56. The molecule has 0 heterocycles. The van der Waals surface area contributed by atoms with Crippen molar-refractivity contribution in [3.63, 3.8) is 0 Å². The van der Waals surface area contributed by atoms with Gasteiger partial charge in [0.15, 0.2) is 0 Å².